The van der Waals surface area contributed by atoms with E-state index in [1.54, 1.807) is 15.9 Å². The highest BCUT2D eigenvalue weighted by Crippen LogP contribution is 2.52. The number of hydrogen-bond acceptors (Lipinski definition) is 4. The summed E-state index contributed by atoms with van der Waals surface area (Å²) in [6, 6.07) is 10.2. The molecular formula is C27H28F3N3O5. The zero-order valence-corrected chi connectivity index (χ0v) is 20.6. The van der Waals surface area contributed by atoms with Crippen molar-refractivity contribution in [3.8, 4) is 5.75 Å². The first-order valence-electron chi connectivity index (χ1n) is 12.6. The Labute approximate surface area is 217 Å². The molecule has 0 radical (unpaired) electrons. The Morgan fingerprint density at radius 1 is 1.05 bits per heavy atom. The summed E-state index contributed by atoms with van der Waals surface area (Å²) in [7, 11) is 0. The first kappa shape index (κ1) is 25.9. The van der Waals surface area contributed by atoms with Crippen molar-refractivity contribution in [2.24, 2.45) is 5.92 Å². The van der Waals surface area contributed by atoms with E-state index in [2.05, 4.69) is 10.1 Å². The molecule has 2 aromatic carbocycles. The first-order chi connectivity index (χ1) is 18.0. The minimum Gasteiger partial charge on any atom is -0.480 e. The molecule has 0 spiro atoms. The van der Waals surface area contributed by atoms with E-state index in [0.29, 0.717) is 12.1 Å². The normalized spacial score (nSPS) is 23.2. The number of anilines is 1. The van der Waals surface area contributed by atoms with Crippen LogP contribution in [-0.2, 0) is 4.79 Å². The number of nitrogens with zero attached hydrogens (tertiary/aromatic N) is 2. The third-order valence-electron chi connectivity index (χ3n) is 7.52. The molecule has 4 atom stereocenters. The molecule has 2 aromatic rings. The maximum absolute atomic E-state index is 13.8. The molecule has 3 amide bonds. The van der Waals surface area contributed by atoms with E-state index >= 15 is 0 Å². The molecule has 2 aliphatic carbocycles. The minimum absolute atomic E-state index is 0.0151. The Morgan fingerprint density at radius 3 is 2.37 bits per heavy atom. The maximum Gasteiger partial charge on any atom is 0.573 e. The number of benzene rings is 2. The van der Waals surface area contributed by atoms with E-state index in [-0.39, 0.29) is 35.5 Å². The van der Waals surface area contributed by atoms with Crippen LogP contribution in [0.25, 0.3) is 0 Å². The summed E-state index contributed by atoms with van der Waals surface area (Å²) < 4.78 is 41.7. The number of amides is 3. The second kappa shape index (κ2) is 9.85. The predicted octanol–water partition coefficient (Wildman–Crippen LogP) is 5.10. The third-order valence-corrected chi connectivity index (χ3v) is 7.52. The van der Waals surface area contributed by atoms with E-state index < -0.39 is 30.2 Å². The van der Waals surface area contributed by atoms with Gasteiger partial charge in [-0.1, -0.05) is 24.6 Å². The van der Waals surface area contributed by atoms with Crippen LogP contribution >= 0.6 is 0 Å². The number of nitrogens with one attached hydrogen (secondary N) is 1. The number of para-hydroxylation sites is 1. The Balaban J connectivity index is 1.50. The fourth-order valence-electron chi connectivity index (χ4n) is 5.77. The summed E-state index contributed by atoms with van der Waals surface area (Å²) in [5.74, 6) is -1.95. The largest absolute Gasteiger partial charge is 0.573 e. The van der Waals surface area contributed by atoms with Crippen LogP contribution in [0, 0.1) is 5.92 Å². The molecule has 3 unspecified atom stereocenters. The quantitative estimate of drug-likeness (QED) is 0.540. The van der Waals surface area contributed by atoms with Crippen LogP contribution in [0.1, 0.15) is 61.0 Å². The second-order valence-corrected chi connectivity index (χ2v) is 10.1. The van der Waals surface area contributed by atoms with Crippen LogP contribution in [0.15, 0.2) is 48.5 Å². The second-order valence-electron chi connectivity index (χ2n) is 10.1. The predicted molar refractivity (Wildman–Crippen MR) is 131 cm³/mol. The zero-order valence-electron chi connectivity index (χ0n) is 20.6. The number of halogens is 3. The zero-order chi connectivity index (χ0) is 27.2. The minimum atomic E-state index is -4.83. The smallest absolute Gasteiger partial charge is 0.480 e. The fraction of sp³-hybridized carbons (Fsp3) is 0.444. The molecule has 0 bridgehead atoms. The van der Waals surface area contributed by atoms with Gasteiger partial charge in [-0.3, -0.25) is 9.59 Å². The van der Waals surface area contributed by atoms with Gasteiger partial charge >= 0.3 is 18.4 Å². The van der Waals surface area contributed by atoms with Crippen molar-refractivity contribution in [2.45, 2.75) is 69.6 Å². The van der Waals surface area contributed by atoms with Gasteiger partial charge in [0.05, 0.1) is 6.04 Å². The lowest BCUT2D eigenvalue weighted by Crippen LogP contribution is -2.55. The first-order valence-corrected chi connectivity index (χ1v) is 12.6. The molecule has 1 heterocycles. The molecule has 0 saturated heterocycles. The number of carboxylic acids is 1. The number of hydrogen-bond donors (Lipinski definition) is 2. The highest BCUT2D eigenvalue weighted by molar-refractivity contribution is 6.07. The summed E-state index contributed by atoms with van der Waals surface area (Å²) in [6.45, 7) is 1.42. The standard InChI is InChI=1S/C27H28F3N3O5/c1-15(25(35)36)31-26(37)32(17-11-12-17)23-19-5-2-3-7-21(19)33(22-8-4-6-20(22)23)24(34)16-9-13-18(14-10-16)38-27(28,29)30/h2-3,5,7,9-10,13-15,17,20,22-23H,4,6,8,11-12H2,1H3,(H,31,37)(H,35,36)/t15-,20?,22?,23?/m0/s1. The molecule has 2 N–H and O–H groups in total. The average molecular weight is 532 g/mol. The van der Waals surface area contributed by atoms with Gasteiger partial charge in [0.1, 0.15) is 11.8 Å². The van der Waals surface area contributed by atoms with Gasteiger partial charge in [0, 0.05) is 29.3 Å². The number of carbonyl (C=O) groups excluding carboxylic acids is 2. The van der Waals surface area contributed by atoms with Crippen molar-refractivity contribution in [1.82, 2.24) is 10.2 Å². The number of fused-ring (bicyclic) bond motifs is 2. The van der Waals surface area contributed by atoms with Crippen molar-refractivity contribution in [3.05, 3.63) is 59.7 Å². The molecule has 38 heavy (non-hydrogen) atoms. The van der Waals surface area contributed by atoms with E-state index in [9.17, 15) is 32.7 Å². The van der Waals surface area contributed by atoms with Gasteiger partial charge in [0.25, 0.3) is 5.91 Å². The number of carboxylic acid groups (broad SMARTS) is 1. The summed E-state index contributed by atoms with van der Waals surface area (Å²) in [6.07, 6.45) is -0.863. The van der Waals surface area contributed by atoms with Gasteiger partial charge in [0.15, 0.2) is 0 Å². The Hall–Kier alpha value is -3.76. The van der Waals surface area contributed by atoms with E-state index in [1.165, 1.54) is 19.1 Å². The van der Waals surface area contributed by atoms with Crippen molar-refractivity contribution in [3.63, 3.8) is 0 Å². The Bertz CT molecular complexity index is 1230. The van der Waals surface area contributed by atoms with Gasteiger partial charge in [-0.2, -0.15) is 0 Å². The Kier molecular flexibility index (Phi) is 6.70. The average Bonchev–Trinajstić information content (AvgIpc) is 3.58. The van der Waals surface area contributed by atoms with Crippen LogP contribution in [0.5, 0.6) is 5.75 Å². The Morgan fingerprint density at radius 2 is 1.74 bits per heavy atom. The number of rotatable bonds is 6. The van der Waals surface area contributed by atoms with Crippen LogP contribution in [0.3, 0.4) is 0 Å². The lowest BCUT2D eigenvalue weighted by atomic mass is 9.81. The molecule has 0 aromatic heterocycles. The van der Waals surface area contributed by atoms with E-state index in [4.69, 9.17) is 0 Å². The van der Waals surface area contributed by atoms with Crippen LogP contribution in [-0.4, -0.2) is 52.4 Å². The summed E-state index contributed by atoms with van der Waals surface area (Å²) in [4.78, 5) is 42.1. The van der Waals surface area contributed by atoms with Crippen LogP contribution in [0.2, 0.25) is 0 Å². The molecule has 1 aliphatic heterocycles. The SMILES string of the molecule is C[C@H](NC(=O)N(C1CC1)C1c2ccccc2N(C(=O)c2ccc(OC(F)(F)F)cc2)C2CCCC21)C(=O)O. The molecule has 8 nitrogen and oxygen atoms in total. The van der Waals surface area contributed by atoms with E-state index in [0.717, 1.165) is 43.4 Å². The number of urea groups is 1. The molecule has 2 fully saturated rings. The molecule has 5 rings (SSSR count). The number of carbonyl (C=O) groups is 3. The summed E-state index contributed by atoms with van der Waals surface area (Å²) in [5.41, 5.74) is 1.67. The number of alkyl halides is 3. The third kappa shape index (κ3) is 5.01. The van der Waals surface area contributed by atoms with Gasteiger partial charge in [-0.05, 0) is 68.5 Å². The lowest BCUT2D eigenvalue weighted by Gasteiger charge is -2.47. The monoisotopic (exact) mass is 531 g/mol. The van der Waals surface area contributed by atoms with Crippen molar-refractivity contribution in [1.29, 1.82) is 0 Å². The molecule has 11 heteroatoms. The van der Waals surface area contributed by atoms with Crippen LogP contribution in [0.4, 0.5) is 23.7 Å². The molecule has 3 aliphatic rings. The van der Waals surface area contributed by atoms with Gasteiger partial charge < -0.3 is 25.0 Å². The topological polar surface area (TPSA) is 99.2 Å². The molecule has 2 saturated carbocycles. The highest BCUT2D eigenvalue weighted by Gasteiger charge is 2.51. The summed E-state index contributed by atoms with van der Waals surface area (Å²) >= 11 is 0. The molecule has 202 valence electrons. The van der Waals surface area contributed by atoms with Crippen LogP contribution < -0.4 is 15.0 Å². The van der Waals surface area contributed by atoms with Crippen molar-refractivity contribution < 1.29 is 37.4 Å². The fourth-order valence-corrected chi connectivity index (χ4v) is 5.77. The van der Waals surface area contributed by atoms with Crippen molar-refractivity contribution in [2.75, 3.05) is 4.90 Å². The van der Waals surface area contributed by atoms with Crippen molar-refractivity contribution >= 4 is 23.6 Å². The van der Waals surface area contributed by atoms with Gasteiger partial charge in [0.2, 0.25) is 0 Å². The molecular weight excluding hydrogens is 503 g/mol. The van der Waals surface area contributed by atoms with E-state index in [1.807, 2.05) is 18.2 Å². The summed E-state index contributed by atoms with van der Waals surface area (Å²) in [5, 5.41) is 11.9. The van der Waals surface area contributed by atoms with Gasteiger partial charge in [-0.15, -0.1) is 13.2 Å². The lowest BCUT2D eigenvalue weighted by molar-refractivity contribution is -0.274. The number of ether oxygens (including phenoxy) is 1. The highest BCUT2D eigenvalue weighted by atomic mass is 19.4. The number of aliphatic carboxylic acids is 1. The maximum atomic E-state index is 13.8. The van der Waals surface area contributed by atoms with Gasteiger partial charge in [-0.25, -0.2) is 4.79 Å².